The average Bonchev–Trinajstić information content (AvgIpc) is 3.24. The second-order valence-electron chi connectivity index (χ2n) is 7.57. The highest BCUT2D eigenvalue weighted by Gasteiger charge is 2.42. The first kappa shape index (κ1) is 20.8. The molecule has 8 heteroatoms. The Kier molecular flexibility index (Phi) is 5.63. The standard InChI is InChI=1S/C23H21N5O2.ClH/c29-23(30)27(22-7-3-6-18-14-25-15-21(18)22)28(26-20-8-11-24-12-9-20)13-10-17-4-1-2-5-19(17)16-28;/h1-9,11-12,15H,10,13-14,16H2,(H-,24,26,29,30);1H. The van der Waals surface area contributed by atoms with Gasteiger partial charge in [0.25, 0.3) is 0 Å². The van der Waals surface area contributed by atoms with E-state index in [1.807, 2.05) is 42.5 Å². The maximum absolute atomic E-state index is 12.6. The van der Waals surface area contributed by atoms with Crippen molar-refractivity contribution in [3.05, 3.63) is 89.2 Å². The summed E-state index contributed by atoms with van der Waals surface area (Å²) in [5.74, 6) is 0. The van der Waals surface area contributed by atoms with Gasteiger partial charge in [0.05, 0.1) is 12.2 Å². The predicted octanol–water partition coefficient (Wildman–Crippen LogP) is 3.10. The van der Waals surface area contributed by atoms with Gasteiger partial charge >= 0.3 is 0 Å². The molecule has 0 saturated carbocycles. The molecule has 31 heavy (non-hydrogen) atoms. The monoisotopic (exact) mass is 435 g/mol. The lowest BCUT2D eigenvalue weighted by Crippen LogP contribution is -2.69. The number of nitrogens with one attached hydrogen (secondary N) is 1. The zero-order chi connectivity index (χ0) is 20.6. The van der Waals surface area contributed by atoms with E-state index in [2.05, 4.69) is 27.5 Å². The smallest absolute Gasteiger partial charge is 0.197 e. The molecule has 0 spiro atoms. The number of carbonyl (C=O) groups excluding carboxylic acids is 1. The number of carboxylic acid groups (broad SMARTS) is 1. The van der Waals surface area contributed by atoms with Gasteiger partial charge in [-0.15, -0.1) is 17.1 Å². The van der Waals surface area contributed by atoms with Crippen molar-refractivity contribution >= 4 is 36.1 Å². The van der Waals surface area contributed by atoms with Crippen LogP contribution in [0, 0.1) is 0 Å². The van der Waals surface area contributed by atoms with Gasteiger partial charge in [0, 0.05) is 36.2 Å². The van der Waals surface area contributed by atoms with E-state index < -0.39 is 6.09 Å². The number of aliphatic imine (C=N–C) groups is 1. The summed E-state index contributed by atoms with van der Waals surface area (Å²) >= 11 is 0. The predicted molar refractivity (Wildman–Crippen MR) is 120 cm³/mol. The van der Waals surface area contributed by atoms with Crippen LogP contribution in [-0.4, -0.2) is 28.5 Å². The molecule has 1 atom stereocenters. The van der Waals surface area contributed by atoms with Crippen LogP contribution < -0.4 is 15.5 Å². The van der Waals surface area contributed by atoms with Crippen LogP contribution in [0.2, 0.25) is 0 Å². The highest BCUT2D eigenvalue weighted by Crippen LogP contribution is 2.35. The molecule has 0 aliphatic carbocycles. The van der Waals surface area contributed by atoms with E-state index in [0.29, 0.717) is 25.3 Å². The SMILES string of the molecule is Cl.O=C([O-])N(c1cccc2c1C=NC2)[N+]1(Nc2ccncc2)CCc2ccccc2C1. The van der Waals surface area contributed by atoms with Gasteiger partial charge in [0.2, 0.25) is 0 Å². The van der Waals surface area contributed by atoms with Crippen LogP contribution in [0.5, 0.6) is 0 Å². The number of hydrogen-bond acceptors (Lipinski definition) is 5. The van der Waals surface area contributed by atoms with Gasteiger partial charge in [-0.05, 0) is 29.3 Å². The van der Waals surface area contributed by atoms with E-state index in [4.69, 9.17) is 0 Å². The van der Waals surface area contributed by atoms with E-state index in [9.17, 15) is 9.90 Å². The van der Waals surface area contributed by atoms with Crippen molar-refractivity contribution in [1.82, 2.24) is 4.98 Å². The third-order valence-corrected chi connectivity index (χ3v) is 5.76. The minimum Gasteiger partial charge on any atom is -0.526 e. The fourth-order valence-corrected chi connectivity index (χ4v) is 4.37. The molecule has 7 nitrogen and oxygen atoms in total. The molecule has 2 aliphatic rings. The third kappa shape index (κ3) is 3.73. The highest BCUT2D eigenvalue weighted by atomic mass is 35.5. The average molecular weight is 436 g/mol. The van der Waals surface area contributed by atoms with Crippen molar-refractivity contribution in [1.29, 1.82) is 0 Å². The summed E-state index contributed by atoms with van der Waals surface area (Å²) in [6.45, 7) is 1.58. The first-order valence-corrected chi connectivity index (χ1v) is 9.92. The first-order valence-electron chi connectivity index (χ1n) is 9.92. The molecule has 3 heterocycles. The van der Waals surface area contributed by atoms with E-state index >= 15 is 0 Å². The number of hydrogen-bond donors (Lipinski definition) is 1. The molecule has 0 saturated heterocycles. The van der Waals surface area contributed by atoms with Crippen molar-refractivity contribution in [3.8, 4) is 0 Å². The van der Waals surface area contributed by atoms with Gasteiger partial charge in [-0.1, -0.05) is 36.4 Å². The number of quaternary nitrogens is 1. The van der Waals surface area contributed by atoms with Gasteiger partial charge in [0.1, 0.15) is 12.2 Å². The molecule has 2 aliphatic heterocycles. The summed E-state index contributed by atoms with van der Waals surface area (Å²) in [7, 11) is 0. The Morgan fingerprint density at radius 2 is 1.74 bits per heavy atom. The highest BCUT2D eigenvalue weighted by molar-refractivity contribution is 5.96. The molecule has 0 bridgehead atoms. The van der Waals surface area contributed by atoms with E-state index in [1.165, 1.54) is 10.6 Å². The molecule has 1 amide bonds. The Bertz CT molecular complexity index is 1140. The number of nitrogens with zero attached hydrogens (tertiary/aromatic N) is 4. The van der Waals surface area contributed by atoms with Crippen molar-refractivity contribution in [3.63, 3.8) is 0 Å². The molecule has 1 N–H and O–H groups in total. The number of fused-ring (bicyclic) bond motifs is 2. The van der Waals surface area contributed by atoms with E-state index in [1.54, 1.807) is 18.6 Å². The topological polar surface area (TPSA) is 80.6 Å². The van der Waals surface area contributed by atoms with Crippen molar-refractivity contribution in [2.24, 2.45) is 4.99 Å². The van der Waals surface area contributed by atoms with E-state index in [-0.39, 0.29) is 17.1 Å². The quantitative estimate of drug-likeness (QED) is 0.638. The fourth-order valence-electron chi connectivity index (χ4n) is 4.37. The Morgan fingerprint density at radius 1 is 1.00 bits per heavy atom. The van der Waals surface area contributed by atoms with Gasteiger partial charge in [-0.25, -0.2) is 5.43 Å². The maximum atomic E-state index is 12.6. The number of carbonyl (C=O) groups is 1. The second kappa shape index (κ2) is 8.37. The van der Waals surface area contributed by atoms with Crippen LogP contribution in [0.3, 0.4) is 0 Å². The molecule has 3 aromatic rings. The van der Waals surface area contributed by atoms with Crippen molar-refractivity contribution in [2.75, 3.05) is 17.0 Å². The maximum Gasteiger partial charge on any atom is 0.197 e. The van der Waals surface area contributed by atoms with Crippen LogP contribution in [0.4, 0.5) is 16.2 Å². The summed E-state index contributed by atoms with van der Waals surface area (Å²) in [5, 5.41) is 13.9. The van der Waals surface area contributed by atoms with Crippen LogP contribution in [0.1, 0.15) is 22.3 Å². The summed E-state index contributed by atoms with van der Waals surface area (Å²) in [6, 6.07) is 17.5. The van der Waals surface area contributed by atoms with Crippen LogP contribution in [-0.2, 0) is 19.5 Å². The Morgan fingerprint density at radius 3 is 2.52 bits per heavy atom. The summed E-state index contributed by atoms with van der Waals surface area (Å²) in [5.41, 5.74) is 9.02. The van der Waals surface area contributed by atoms with Gasteiger partial charge in [-0.3, -0.25) is 9.98 Å². The van der Waals surface area contributed by atoms with Crippen LogP contribution >= 0.6 is 12.4 Å². The Balaban J connectivity index is 0.00000231. The molecular weight excluding hydrogens is 414 g/mol. The Hall–Kier alpha value is -3.42. The number of benzene rings is 2. The normalized spacial score (nSPS) is 18.5. The van der Waals surface area contributed by atoms with Crippen molar-refractivity contribution < 1.29 is 14.6 Å². The Labute approximate surface area is 186 Å². The van der Waals surface area contributed by atoms with Crippen LogP contribution in [0.25, 0.3) is 0 Å². The van der Waals surface area contributed by atoms with E-state index in [0.717, 1.165) is 28.8 Å². The molecular formula is C23H22ClN5O2. The lowest BCUT2D eigenvalue weighted by Gasteiger charge is -2.48. The zero-order valence-electron chi connectivity index (χ0n) is 16.8. The number of halogens is 1. The van der Waals surface area contributed by atoms with Crippen LogP contribution in [0.15, 0.2) is 72.0 Å². The summed E-state index contributed by atoms with van der Waals surface area (Å²) in [4.78, 5) is 21.0. The number of anilines is 2. The third-order valence-electron chi connectivity index (χ3n) is 5.76. The molecule has 2 aromatic carbocycles. The first-order chi connectivity index (χ1) is 14.7. The largest absolute Gasteiger partial charge is 0.526 e. The summed E-state index contributed by atoms with van der Waals surface area (Å²) in [6.07, 6.45) is 4.60. The lowest BCUT2D eigenvalue weighted by atomic mass is 10.00. The number of amides is 1. The number of aromatic nitrogens is 1. The number of rotatable bonds is 4. The van der Waals surface area contributed by atoms with Crippen molar-refractivity contribution in [2.45, 2.75) is 19.5 Å². The zero-order valence-corrected chi connectivity index (χ0v) is 17.6. The second-order valence-corrected chi connectivity index (χ2v) is 7.57. The molecule has 0 fully saturated rings. The minimum atomic E-state index is -1.26. The lowest BCUT2D eigenvalue weighted by molar-refractivity contribution is -0.926. The molecule has 158 valence electrons. The summed E-state index contributed by atoms with van der Waals surface area (Å²) < 4.78 is -0.0202. The molecule has 1 unspecified atom stereocenters. The molecule has 5 rings (SSSR count). The number of pyridine rings is 1. The molecule has 0 radical (unpaired) electrons. The fraction of sp³-hybridized carbons (Fsp3) is 0.174. The minimum absolute atomic E-state index is 0. The van der Waals surface area contributed by atoms with Gasteiger partial charge in [0.15, 0.2) is 12.6 Å². The van der Waals surface area contributed by atoms with Gasteiger partial charge in [-0.2, -0.15) is 5.01 Å². The molecule has 1 aromatic heterocycles. The van der Waals surface area contributed by atoms with Gasteiger partial charge < -0.3 is 9.90 Å².